The van der Waals surface area contributed by atoms with Crippen molar-refractivity contribution in [3.05, 3.63) is 23.3 Å². The van der Waals surface area contributed by atoms with E-state index in [0.29, 0.717) is 13.1 Å². The number of rotatable bonds is 4. The highest BCUT2D eigenvalue weighted by Crippen LogP contribution is 2.27. The highest BCUT2D eigenvalue weighted by Gasteiger charge is 2.33. The van der Waals surface area contributed by atoms with Crippen LogP contribution in [0.25, 0.3) is 0 Å². The first-order chi connectivity index (χ1) is 11.2. The summed E-state index contributed by atoms with van der Waals surface area (Å²) >= 11 is 0. The molecule has 1 saturated heterocycles. The van der Waals surface area contributed by atoms with Crippen LogP contribution in [-0.4, -0.2) is 52.9 Å². The molecule has 1 fully saturated rings. The number of carbonyl (C=O) groups is 2. The molecule has 1 unspecified atom stereocenters. The number of hydrogen-bond acceptors (Lipinski definition) is 5. The predicted molar refractivity (Wildman–Crippen MR) is 77.7 cm³/mol. The van der Waals surface area contributed by atoms with Crippen molar-refractivity contribution in [2.24, 2.45) is 0 Å². The summed E-state index contributed by atoms with van der Waals surface area (Å²) in [5.74, 6) is -0.829. The highest BCUT2D eigenvalue weighted by molar-refractivity contribution is 5.88. The fraction of sp³-hybridized carbons (Fsp3) is 0.571. The topological polar surface area (TPSA) is 87.2 Å². The average Bonchev–Trinajstić information content (AvgIpc) is 2.48. The Kier molecular flexibility index (Phi) is 5.37. The summed E-state index contributed by atoms with van der Waals surface area (Å²) in [7, 11) is 1.73. The predicted octanol–water partition coefficient (Wildman–Crippen LogP) is 0.240. The molecule has 10 heteroatoms. The molecule has 0 aliphatic carbocycles. The number of alkyl halides is 3. The number of nitrogens with one attached hydrogen (secondary N) is 2. The third-order valence-corrected chi connectivity index (χ3v) is 3.61. The maximum Gasteiger partial charge on any atom is 0.433 e. The Labute approximate surface area is 136 Å². The van der Waals surface area contributed by atoms with Gasteiger partial charge in [-0.1, -0.05) is 0 Å². The van der Waals surface area contributed by atoms with Crippen molar-refractivity contribution in [2.45, 2.75) is 32.1 Å². The van der Waals surface area contributed by atoms with Gasteiger partial charge in [-0.25, -0.2) is 9.97 Å². The molecule has 1 aliphatic heterocycles. The Morgan fingerprint density at radius 2 is 2.17 bits per heavy atom. The third kappa shape index (κ3) is 4.63. The van der Waals surface area contributed by atoms with E-state index in [1.807, 2.05) is 0 Å². The Hall–Kier alpha value is -2.23. The first-order valence-corrected chi connectivity index (χ1v) is 7.33. The number of aromatic nitrogens is 2. The first-order valence-electron chi connectivity index (χ1n) is 7.33. The lowest BCUT2D eigenvalue weighted by Gasteiger charge is -2.31. The van der Waals surface area contributed by atoms with Gasteiger partial charge in [0.25, 0.3) is 0 Å². The second-order valence-electron chi connectivity index (χ2n) is 5.58. The largest absolute Gasteiger partial charge is 0.433 e. The molecule has 2 amide bonds. The highest BCUT2D eigenvalue weighted by atomic mass is 19.4. The summed E-state index contributed by atoms with van der Waals surface area (Å²) in [5, 5.41) is 5.12. The lowest BCUT2D eigenvalue weighted by atomic mass is 10.1. The molecule has 1 aromatic heterocycles. The van der Waals surface area contributed by atoms with Gasteiger partial charge in [-0.05, 0) is 20.0 Å². The van der Waals surface area contributed by atoms with E-state index in [0.717, 1.165) is 6.07 Å². The maximum atomic E-state index is 12.7. The van der Waals surface area contributed by atoms with Gasteiger partial charge in [-0.15, -0.1) is 0 Å². The third-order valence-electron chi connectivity index (χ3n) is 3.61. The fourth-order valence-electron chi connectivity index (χ4n) is 2.36. The zero-order valence-electron chi connectivity index (χ0n) is 13.3. The summed E-state index contributed by atoms with van der Waals surface area (Å²) in [6, 6.07) is 0.245. The molecule has 0 saturated carbocycles. The van der Waals surface area contributed by atoms with E-state index in [-0.39, 0.29) is 30.4 Å². The van der Waals surface area contributed by atoms with Gasteiger partial charge in [0.05, 0.1) is 19.0 Å². The molecule has 24 heavy (non-hydrogen) atoms. The van der Waals surface area contributed by atoms with Gasteiger partial charge in [-0.3, -0.25) is 14.5 Å². The molecule has 1 aliphatic rings. The SMILES string of the molecule is Cc1cc(C(F)(F)F)nc(CNC(=O)CC2C(=O)NCCN2C)n1. The van der Waals surface area contributed by atoms with Crippen LogP contribution in [0.3, 0.4) is 0 Å². The zero-order chi connectivity index (χ0) is 17.9. The molecule has 132 valence electrons. The van der Waals surface area contributed by atoms with E-state index >= 15 is 0 Å². The van der Waals surface area contributed by atoms with E-state index < -0.39 is 23.8 Å². The quantitative estimate of drug-likeness (QED) is 0.816. The van der Waals surface area contributed by atoms with Crippen molar-refractivity contribution >= 4 is 11.8 Å². The molecule has 1 atom stereocenters. The fourth-order valence-corrected chi connectivity index (χ4v) is 2.36. The number of aryl methyl sites for hydroxylation is 1. The van der Waals surface area contributed by atoms with Gasteiger partial charge >= 0.3 is 6.18 Å². The Morgan fingerprint density at radius 1 is 1.46 bits per heavy atom. The van der Waals surface area contributed by atoms with Gasteiger partial charge in [-0.2, -0.15) is 13.2 Å². The van der Waals surface area contributed by atoms with Crippen LogP contribution in [0.2, 0.25) is 0 Å². The van der Waals surface area contributed by atoms with Crippen LogP contribution in [-0.2, 0) is 22.3 Å². The Morgan fingerprint density at radius 3 is 2.79 bits per heavy atom. The molecular formula is C14H18F3N5O2. The second kappa shape index (κ2) is 7.12. The lowest BCUT2D eigenvalue weighted by molar-refractivity contribution is -0.141. The molecule has 0 bridgehead atoms. The van der Waals surface area contributed by atoms with E-state index in [4.69, 9.17) is 0 Å². The summed E-state index contributed by atoms with van der Waals surface area (Å²) in [4.78, 5) is 32.7. The van der Waals surface area contributed by atoms with E-state index in [1.54, 1.807) is 11.9 Å². The molecule has 2 N–H and O–H groups in total. The van der Waals surface area contributed by atoms with Crippen LogP contribution in [0, 0.1) is 6.92 Å². The van der Waals surface area contributed by atoms with Crippen LogP contribution in [0.1, 0.15) is 23.6 Å². The van der Waals surface area contributed by atoms with Crippen LogP contribution in [0.4, 0.5) is 13.2 Å². The van der Waals surface area contributed by atoms with E-state index in [1.165, 1.54) is 6.92 Å². The van der Waals surface area contributed by atoms with Gasteiger partial charge in [0.15, 0.2) is 0 Å². The van der Waals surface area contributed by atoms with Crippen LogP contribution >= 0.6 is 0 Å². The van der Waals surface area contributed by atoms with Crippen molar-refractivity contribution in [3.8, 4) is 0 Å². The van der Waals surface area contributed by atoms with E-state index in [9.17, 15) is 22.8 Å². The normalized spacial score (nSPS) is 19.0. The molecule has 1 aromatic rings. The van der Waals surface area contributed by atoms with Crippen LogP contribution < -0.4 is 10.6 Å². The van der Waals surface area contributed by atoms with Crippen molar-refractivity contribution in [2.75, 3.05) is 20.1 Å². The van der Waals surface area contributed by atoms with Gasteiger partial charge < -0.3 is 10.6 Å². The maximum absolute atomic E-state index is 12.7. The van der Waals surface area contributed by atoms with Gasteiger partial charge in [0, 0.05) is 18.8 Å². The first kappa shape index (κ1) is 18.1. The summed E-state index contributed by atoms with van der Waals surface area (Å²) in [6.45, 7) is 2.33. The van der Waals surface area contributed by atoms with Gasteiger partial charge in [0.2, 0.25) is 11.8 Å². The number of nitrogens with zero attached hydrogens (tertiary/aromatic N) is 3. The molecule has 0 aromatic carbocycles. The minimum atomic E-state index is -4.57. The lowest BCUT2D eigenvalue weighted by Crippen LogP contribution is -2.54. The average molecular weight is 345 g/mol. The summed E-state index contributed by atoms with van der Waals surface area (Å²) in [5.41, 5.74) is -0.890. The summed E-state index contributed by atoms with van der Waals surface area (Å²) in [6.07, 6.45) is -4.66. The van der Waals surface area contributed by atoms with Crippen LogP contribution in [0.5, 0.6) is 0 Å². The smallest absolute Gasteiger partial charge is 0.353 e. The van der Waals surface area contributed by atoms with Crippen LogP contribution in [0.15, 0.2) is 6.07 Å². The molecule has 2 heterocycles. The Bertz CT molecular complexity index is 635. The number of halogens is 3. The Balaban J connectivity index is 1.96. The molecule has 7 nitrogen and oxygen atoms in total. The molecule has 0 spiro atoms. The van der Waals surface area contributed by atoms with Gasteiger partial charge in [0.1, 0.15) is 11.5 Å². The number of hydrogen-bond donors (Lipinski definition) is 2. The number of carbonyl (C=O) groups excluding carboxylic acids is 2. The van der Waals surface area contributed by atoms with E-state index in [2.05, 4.69) is 20.6 Å². The number of piperazine rings is 1. The summed E-state index contributed by atoms with van der Waals surface area (Å²) < 4.78 is 38.1. The zero-order valence-corrected chi connectivity index (χ0v) is 13.3. The van der Waals surface area contributed by atoms with Crippen molar-refractivity contribution in [1.82, 2.24) is 25.5 Å². The minimum absolute atomic E-state index is 0.0831. The number of likely N-dealkylation sites (N-methyl/N-ethyl adjacent to an activating group) is 1. The van der Waals surface area contributed by atoms with Crippen molar-refractivity contribution < 1.29 is 22.8 Å². The second-order valence-corrected chi connectivity index (χ2v) is 5.58. The van der Waals surface area contributed by atoms with Crippen molar-refractivity contribution in [3.63, 3.8) is 0 Å². The molecule has 0 radical (unpaired) electrons. The molecule has 2 rings (SSSR count). The van der Waals surface area contributed by atoms with Crippen molar-refractivity contribution in [1.29, 1.82) is 0 Å². The minimum Gasteiger partial charge on any atom is -0.353 e. The standard InChI is InChI=1S/C14H18F3N5O2/c1-8-5-10(14(15,16)17)21-11(20-8)7-19-12(23)6-9-13(24)18-3-4-22(9)2/h5,9H,3-4,6-7H2,1-2H3,(H,18,24)(H,19,23). The molecular weight excluding hydrogens is 327 g/mol. The number of amides is 2. The monoisotopic (exact) mass is 345 g/mol.